The second-order valence-corrected chi connectivity index (χ2v) is 9.10. The quantitative estimate of drug-likeness (QED) is 0.403. The van der Waals surface area contributed by atoms with Crippen LogP contribution in [-0.4, -0.2) is 41.3 Å². The minimum atomic E-state index is -0.127. The van der Waals surface area contributed by atoms with Crippen LogP contribution < -0.4 is 10.6 Å². The van der Waals surface area contributed by atoms with E-state index >= 15 is 0 Å². The van der Waals surface area contributed by atoms with E-state index in [-0.39, 0.29) is 17.9 Å². The molecular formula is C30H30N4O2. The summed E-state index contributed by atoms with van der Waals surface area (Å²) in [7, 11) is 0. The number of hydrogen-bond acceptors (Lipinski definition) is 4. The molecule has 2 amide bonds. The highest BCUT2D eigenvalue weighted by Gasteiger charge is 2.26. The van der Waals surface area contributed by atoms with Gasteiger partial charge in [0, 0.05) is 36.1 Å². The van der Waals surface area contributed by atoms with E-state index in [1.807, 2.05) is 84.9 Å². The zero-order valence-corrected chi connectivity index (χ0v) is 20.4. The molecule has 2 heterocycles. The predicted octanol–water partition coefficient (Wildman–Crippen LogP) is 4.71. The largest absolute Gasteiger partial charge is 0.354 e. The zero-order valence-electron chi connectivity index (χ0n) is 20.4. The minimum absolute atomic E-state index is 0.00242. The Morgan fingerprint density at radius 1 is 1.00 bits per heavy atom. The number of amides is 2. The van der Waals surface area contributed by atoms with E-state index in [0.717, 1.165) is 46.3 Å². The molecule has 3 aromatic carbocycles. The molecule has 5 rings (SSSR count). The molecule has 1 atom stereocenters. The molecule has 0 aliphatic carbocycles. The van der Waals surface area contributed by atoms with Crippen LogP contribution in [0.1, 0.15) is 40.9 Å². The maximum atomic E-state index is 14.1. The van der Waals surface area contributed by atoms with Crippen molar-refractivity contribution in [1.29, 1.82) is 0 Å². The van der Waals surface area contributed by atoms with Gasteiger partial charge < -0.3 is 10.6 Å². The summed E-state index contributed by atoms with van der Waals surface area (Å²) in [5, 5.41) is 6.99. The Balaban J connectivity index is 1.65. The van der Waals surface area contributed by atoms with Crippen LogP contribution in [0.25, 0.3) is 22.2 Å². The van der Waals surface area contributed by atoms with Gasteiger partial charge in [-0.3, -0.25) is 14.5 Å². The second kappa shape index (κ2) is 10.7. The molecule has 36 heavy (non-hydrogen) atoms. The van der Waals surface area contributed by atoms with Crippen molar-refractivity contribution in [3.63, 3.8) is 0 Å². The summed E-state index contributed by atoms with van der Waals surface area (Å²) in [6.45, 7) is 4.14. The van der Waals surface area contributed by atoms with E-state index < -0.39 is 0 Å². The number of benzene rings is 3. The minimum Gasteiger partial charge on any atom is -0.354 e. The van der Waals surface area contributed by atoms with Crippen molar-refractivity contribution in [3.8, 4) is 11.3 Å². The van der Waals surface area contributed by atoms with Gasteiger partial charge in [-0.25, -0.2) is 4.98 Å². The smallest absolute Gasteiger partial charge is 0.252 e. The number of rotatable bonds is 7. The number of fused-ring (bicyclic) bond motifs is 1. The molecule has 6 heteroatoms. The van der Waals surface area contributed by atoms with Crippen molar-refractivity contribution in [2.75, 3.05) is 19.6 Å². The van der Waals surface area contributed by atoms with Crippen LogP contribution in [0.3, 0.4) is 0 Å². The molecule has 0 saturated carbocycles. The topological polar surface area (TPSA) is 74.3 Å². The Labute approximate surface area is 211 Å². The Morgan fingerprint density at radius 2 is 1.69 bits per heavy atom. The highest BCUT2D eigenvalue weighted by atomic mass is 16.2. The molecule has 1 aliphatic rings. The average Bonchev–Trinajstić information content (AvgIpc) is 2.92. The molecular weight excluding hydrogens is 448 g/mol. The van der Waals surface area contributed by atoms with E-state index in [1.54, 1.807) is 0 Å². The molecule has 182 valence electrons. The summed E-state index contributed by atoms with van der Waals surface area (Å²) < 4.78 is 0. The van der Waals surface area contributed by atoms with Crippen LogP contribution in [0.15, 0.2) is 84.9 Å². The maximum Gasteiger partial charge on any atom is 0.252 e. The molecule has 2 N–H and O–H groups in total. The fourth-order valence-corrected chi connectivity index (χ4v) is 4.89. The van der Waals surface area contributed by atoms with Crippen molar-refractivity contribution >= 4 is 22.7 Å². The van der Waals surface area contributed by atoms with Gasteiger partial charge in [-0.2, -0.15) is 0 Å². The number of carbonyl (C=O) groups is 2. The fourth-order valence-electron chi connectivity index (χ4n) is 4.89. The molecule has 1 saturated heterocycles. The summed E-state index contributed by atoms with van der Waals surface area (Å²) in [6.07, 6.45) is 0.770. The first kappa shape index (κ1) is 23.7. The molecule has 0 radical (unpaired) electrons. The summed E-state index contributed by atoms with van der Waals surface area (Å²) in [4.78, 5) is 33.3. The van der Waals surface area contributed by atoms with Gasteiger partial charge >= 0.3 is 0 Å². The van der Waals surface area contributed by atoms with Gasteiger partial charge in [-0.15, -0.1) is 0 Å². The first-order valence-corrected chi connectivity index (χ1v) is 12.5. The van der Waals surface area contributed by atoms with Crippen LogP contribution in [0.4, 0.5) is 0 Å². The number of hydrogen-bond donors (Lipinski definition) is 2. The van der Waals surface area contributed by atoms with Crippen LogP contribution in [0, 0.1) is 0 Å². The highest BCUT2D eigenvalue weighted by Crippen LogP contribution is 2.32. The van der Waals surface area contributed by atoms with E-state index in [1.165, 1.54) is 0 Å². The third-order valence-corrected chi connectivity index (χ3v) is 6.68. The number of nitrogens with one attached hydrogen (secondary N) is 2. The fraction of sp³-hybridized carbons (Fsp3) is 0.233. The van der Waals surface area contributed by atoms with Crippen molar-refractivity contribution in [2.45, 2.75) is 25.9 Å². The van der Waals surface area contributed by atoms with Crippen molar-refractivity contribution in [3.05, 3.63) is 102 Å². The normalized spacial score (nSPS) is 14.9. The van der Waals surface area contributed by atoms with Crippen molar-refractivity contribution in [2.24, 2.45) is 0 Å². The maximum absolute atomic E-state index is 14.1. The number of carbonyl (C=O) groups excluding carboxylic acids is 2. The van der Waals surface area contributed by atoms with Gasteiger partial charge in [0.1, 0.15) is 0 Å². The summed E-state index contributed by atoms with van der Waals surface area (Å²) >= 11 is 0. The van der Waals surface area contributed by atoms with Crippen LogP contribution in [0.2, 0.25) is 0 Å². The number of aromatic nitrogens is 1. The van der Waals surface area contributed by atoms with E-state index in [9.17, 15) is 9.59 Å². The first-order chi connectivity index (χ1) is 17.6. The lowest BCUT2D eigenvalue weighted by Gasteiger charge is -2.29. The summed E-state index contributed by atoms with van der Waals surface area (Å²) in [6, 6.07) is 27.7. The van der Waals surface area contributed by atoms with Crippen LogP contribution in [0.5, 0.6) is 0 Å². The van der Waals surface area contributed by atoms with E-state index in [0.29, 0.717) is 25.2 Å². The lowest BCUT2D eigenvalue weighted by molar-refractivity contribution is -0.124. The summed E-state index contributed by atoms with van der Waals surface area (Å²) in [5.74, 6) is -0.129. The third kappa shape index (κ3) is 4.99. The van der Waals surface area contributed by atoms with Gasteiger partial charge in [-0.1, -0.05) is 85.8 Å². The SMILES string of the molecule is CCC(NC(=O)c1c(CN2CCNC(=O)C2)c(-c2ccccc2)nc2ccccc12)c1ccccc1. The monoisotopic (exact) mass is 478 g/mol. The Bertz CT molecular complexity index is 1370. The standard InChI is InChI=1S/C30H30N4O2/c1-2-25(21-11-5-3-6-12-21)33-30(36)28-23-15-9-10-16-26(23)32-29(22-13-7-4-8-14-22)24(28)19-34-18-17-31-27(35)20-34/h3-16,25H,2,17-20H2,1H3,(H,31,35)(H,33,36). The zero-order chi connectivity index (χ0) is 24.9. The first-order valence-electron chi connectivity index (χ1n) is 12.5. The van der Waals surface area contributed by atoms with E-state index in [4.69, 9.17) is 4.98 Å². The molecule has 6 nitrogen and oxygen atoms in total. The van der Waals surface area contributed by atoms with Crippen LogP contribution >= 0.6 is 0 Å². The van der Waals surface area contributed by atoms with E-state index in [2.05, 4.69) is 22.5 Å². The molecule has 4 aromatic rings. The van der Waals surface area contributed by atoms with Gasteiger partial charge in [0.25, 0.3) is 5.91 Å². The Kier molecular flexibility index (Phi) is 7.05. The molecule has 0 spiro atoms. The van der Waals surface area contributed by atoms with Crippen LogP contribution in [-0.2, 0) is 11.3 Å². The number of piperazine rings is 1. The lowest BCUT2D eigenvalue weighted by Crippen LogP contribution is -2.47. The predicted molar refractivity (Wildman–Crippen MR) is 142 cm³/mol. The molecule has 1 unspecified atom stereocenters. The number of nitrogens with zero attached hydrogens (tertiary/aromatic N) is 2. The lowest BCUT2D eigenvalue weighted by atomic mass is 9.94. The van der Waals surface area contributed by atoms with Gasteiger partial charge in [0.15, 0.2) is 0 Å². The number of para-hydroxylation sites is 1. The molecule has 0 bridgehead atoms. The highest BCUT2D eigenvalue weighted by molar-refractivity contribution is 6.09. The summed E-state index contributed by atoms with van der Waals surface area (Å²) in [5.41, 5.74) is 5.04. The van der Waals surface area contributed by atoms with Gasteiger partial charge in [0.2, 0.25) is 5.91 Å². The Morgan fingerprint density at radius 3 is 2.42 bits per heavy atom. The molecule has 1 aliphatic heterocycles. The third-order valence-electron chi connectivity index (χ3n) is 6.68. The second-order valence-electron chi connectivity index (χ2n) is 9.10. The molecule has 1 fully saturated rings. The van der Waals surface area contributed by atoms with Gasteiger partial charge in [0.05, 0.1) is 29.4 Å². The van der Waals surface area contributed by atoms with Crippen molar-refractivity contribution < 1.29 is 9.59 Å². The average molecular weight is 479 g/mol. The van der Waals surface area contributed by atoms with Crippen molar-refractivity contribution in [1.82, 2.24) is 20.5 Å². The van der Waals surface area contributed by atoms with Gasteiger partial charge in [-0.05, 0) is 18.1 Å². The Hall–Kier alpha value is -4.03. The molecule has 1 aromatic heterocycles. The number of pyridine rings is 1.